The standard InChI is InChI=1S/C12H11F3N2O2/c1-8-2-3-9(17-11(18)4-5-16)10(6-8)19-7-12(13,14)15/h2-3,6H,4,7H2,1H3,(H,17,18). The lowest BCUT2D eigenvalue weighted by atomic mass is 10.2. The zero-order valence-corrected chi connectivity index (χ0v) is 10.0. The van der Waals surface area contributed by atoms with Crippen molar-refractivity contribution in [3.05, 3.63) is 23.8 Å². The van der Waals surface area contributed by atoms with Gasteiger partial charge in [0.05, 0.1) is 11.8 Å². The minimum atomic E-state index is -4.46. The van der Waals surface area contributed by atoms with E-state index < -0.39 is 18.7 Å². The Bertz CT molecular complexity index is 507. The molecule has 0 bridgehead atoms. The Morgan fingerprint density at radius 2 is 2.16 bits per heavy atom. The summed E-state index contributed by atoms with van der Waals surface area (Å²) in [5.41, 5.74) is 0.797. The van der Waals surface area contributed by atoms with Crippen molar-refractivity contribution in [1.29, 1.82) is 5.26 Å². The van der Waals surface area contributed by atoms with E-state index in [0.717, 1.165) is 0 Å². The van der Waals surface area contributed by atoms with Crippen LogP contribution < -0.4 is 10.1 Å². The maximum Gasteiger partial charge on any atom is 0.422 e. The van der Waals surface area contributed by atoms with Gasteiger partial charge >= 0.3 is 6.18 Å². The van der Waals surface area contributed by atoms with Gasteiger partial charge < -0.3 is 10.1 Å². The van der Waals surface area contributed by atoms with Crippen LogP contribution in [0.25, 0.3) is 0 Å². The molecule has 0 aliphatic heterocycles. The molecule has 0 spiro atoms. The second-order valence-electron chi connectivity index (χ2n) is 3.79. The molecule has 0 aromatic heterocycles. The summed E-state index contributed by atoms with van der Waals surface area (Å²) in [4.78, 5) is 11.2. The fourth-order valence-electron chi connectivity index (χ4n) is 1.28. The molecule has 0 aliphatic rings. The predicted molar refractivity (Wildman–Crippen MR) is 61.6 cm³/mol. The number of carbonyl (C=O) groups is 1. The summed E-state index contributed by atoms with van der Waals surface area (Å²) in [6.07, 6.45) is -4.84. The van der Waals surface area contributed by atoms with Crippen molar-refractivity contribution in [2.75, 3.05) is 11.9 Å². The SMILES string of the molecule is Cc1ccc(NC(=O)CC#N)c(OCC(F)(F)F)c1. The van der Waals surface area contributed by atoms with Crippen LogP contribution in [0.3, 0.4) is 0 Å². The van der Waals surface area contributed by atoms with Gasteiger partial charge in [-0.15, -0.1) is 0 Å². The van der Waals surface area contributed by atoms with Crippen LogP contribution in [0.4, 0.5) is 18.9 Å². The van der Waals surface area contributed by atoms with E-state index >= 15 is 0 Å². The average molecular weight is 272 g/mol. The highest BCUT2D eigenvalue weighted by atomic mass is 19.4. The minimum Gasteiger partial charge on any atom is -0.482 e. The van der Waals surface area contributed by atoms with Gasteiger partial charge in [0.15, 0.2) is 6.61 Å². The van der Waals surface area contributed by atoms with Gasteiger partial charge in [-0.2, -0.15) is 18.4 Å². The van der Waals surface area contributed by atoms with E-state index in [1.807, 2.05) is 0 Å². The fraction of sp³-hybridized carbons (Fsp3) is 0.333. The number of halogens is 3. The molecule has 0 fully saturated rings. The highest BCUT2D eigenvalue weighted by Crippen LogP contribution is 2.28. The lowest BCUT2D eigenvalue weighted by Gasteiger charge is -2.14. The molecule has 1 rings (SSSR count). The maximum atomic E-state index is 12.1. The Morgan fingerprint density at radius 1 is 1.47 bits per heavy atom. The zero-order valence-electron chi connectivity index (χ0n) is 10.0. The summed E-state index contributed by atoms with van der Waals surface area (Å²) >= 11 is 0. The molecule has 4 nitrogen and oxygen atoms in total. The first kappa shape index (κ1) is 14.8. The summed E-state index contributed by atoms with van der Waals surface area (Å²) < 4.78 is 40.9. The molecule has 0 heterocycles. The molecule has 7 heteroatoms. The second kappa shape index (κ2) is 6.09. The Kier molecular flexibility index (Phi) is 4.75. The fourth-order valence-corrected chi connectivity index (χ4v) is 1.28. The Balaban J connectivity index is 2.86. The van der Waals surface area contributed by atoms with Crippen LogP contribution in [0.5, 0.6) is 5.75 Å². The number of nitriles is 1. The topological polar surface area (TPSA) is 62.1 Å². The van der Waals surface area contributed by atoms with E-state index in [1.165, 1.54) is 12.1 Å². The van der Waals surface area contributed by atoms with Gasteiger partial charge in [0.1, 0.15) is 12.2 Å². The van der Waals surface area contributed by atoms with Gasteiger partial charge in [0.25, 0.3) is 0 Å². The molecule has 0 atom stereocenters. The number of alkyl halides is 3. The Morgan fingerprint density at radius 3 is 2.74 bits per heavy atom. The first-order valence-corrected chi connectivity index (χ1v) is 5.29. The molecule has 0 saturated heterocycles. The number of anilines is 1. The molecular weight excluding hydrogens is 261 g/mol. The van der Waals surface area contributed by atoms with Crippen LogP contribution >= 0.6 is 0 Å². The summed E-state index contributed by atoms with van der Waals surface area (Å²) in [5, 5.41) is 10.7. The van der Waals surface area contributed by atoms with Gasteiger partial charge in [-0.05, 0) is 24.6 Å². The summed E-state index contributed by atoms with van der Waals surface area (Å²) in [7, 11) is 0. The van der Waals surface area contributed by atoms with Gasteiger partial charge in [0, 0.05) is 0 Å². The lowest BCUT2D eigenvalue weighted by molar-refractivity contribution is -0.153. The van der Waals surface area contributed by atoms with Crippen LogP contribution in [0.15, 0.2) is 18.2 Å². The van der Waals surface area contributed by atoms with Crippen LogP contribution in [-0.4, -0.2) is 18.7 Å². The Labute approximate surface area is 107 Å². The largest absolute Gasteiger partial charge is 0.482 e. The lowest BCUT2D eigenvalue weighted by Crippen LogP contribution is -2.20. The van der Waals surface area contributed by atoms with Crippen molar-refractivity contribution in [3.8, 4) is 11.8 Å². The number of nitrogens with one attached hydrogen (secondary N) is 1. The zero-order chi connectivity index (χ0) is 14.5. The van der Waals surface area contributed by atoms with Crippen molar-refractivity contribution in [2.24, 2.45) is 0 Å². The number of hydrogen-bond acceptors (Lipinski definition) is 3. The van der Waals surface area contributed by atoms with Crippen molar-refractivity contribution in [1.82, 2.24) is 0 Å². The minimum absolute atomic E-state index is 0.0800. The molecular formula is C12H11F3N2O2. The van der Waals surface area contributed by atoms with E-state index in [4.69, 9.17) is 5.26 Å². The van der Waals surface area contributed by atoms with E-state index in [0.29, 0.717) is 5.56 Å². The third-order valence-corrected chi connectivity index (χ3v) is 2.04. The van der Waals surface area contributed by atoms with Crippen molar-refractivity contribution in [2.45, 2.75) is 19.5 Å². The quantitative estimate of drug-likeness (QED) is 0.916. The number of carbonyl (C=O) groups excluding carboxylic acids is 1. The number of hydrogen-bond donors (Lipinski definition) is 1. The molecule has 1 aromatic rings. The molecule has 0 saturated carbocycles. The van der Waals surface area contributed by atoms with Crippen molar-refractivity contribution < 1.29 is 22.7 Å². The molecule has 1 aromatic carbocycles. The van der Waals surface area contributed by atoms with Crippen molar-refractivity contribution >= 4 is 11.6 Å². The van der Waals surface area contributed by atoms with E-state index in [9.17, 15) is 18.0 Å². The Hall–Kier alpha value is -2.23. The van der Waals surface area contributed by atoms with Crippen LogP contribution in [0.2, 0.25) is 0 Å². The third kappa shape index (κ3) is 5.29. The highest BCUT2D eigenvalue weighted by molar-refractivity contribution is 5.93. The first-order valence-electron chi connectivity index (χ1n) is 5.29. The van der Waals surface area contributed by atoms with E-state index in [2.05, 4.69) is 10.1 Å². The van der Waals surface area contributed by atoms with Crippen LogP contribution in [-0.2, 0) is 4.79 Å². The molecule has 0 aliphatic carbocycles. The van der Waals surface area contributed by atoms with Gasteiger partial charge in [0.2, 0.25) is 5.91 Å². The molecule has 1 N–H and O–H groups in total. The first-order chi connectivity index (χ1) is 8.81. The third-order valence-electron chi connectivity index (χ3n) is 2.04. The molecule has 102 valence electrons. The number of rotatable bonds is 4. The molecule has 0 unspecified atom stereocenters. The van der Waals surface area contributed by atoms with Gasteiger partial charge in [-0.1, -0.05) is 6.07 Å². The number of benzene rings is 1. The molecule has 19 heavy (non-hydrogen) atoms. The number of nitrogens with zero attached hydrogens (tertiary/aromatic N) is 1. The molecule has 0 radical (unpaired) electrons. The second-order valence-corrected chi connectivity index (χ2v) is 3.79. The maximum absolute atomic E-state index is 12.1. The van der Waals surface area contributed by atoms with E-state index in [1.54, 1.807) is 19.1 Å². The van der Waals surface area contributed by atoms with Gasteiger partial charge in [-0.3, -0.25) is 4.79 Å². The summed E-state index contributed by atoms with van der Waals surface area (Å²) in [6, 6.07) is 6.07. The smallest absolute Gasteiger partial charge is 0.422 e. The predicted octanol–water partition coefficient (Wildman–Crippen LogP) is 2.79. The average Bonchev–Trinajstić information content (AvgIpc) is 2.29. The monoisotopic (exact) mass is 272 g/mol. The summed E-state index contributed by atoms with van der Waals surface area (Å²) in [5.74, 6) is -0.688. The van der Waals surface area contributed by atoms with Crippen LogP contribution in [0, 0.1) is 18.3 Å². The van der Waals surface area contributed by atoms with E-state index in [-0.39, 0.29) is 17.9 Å². The normalized spacial score (nSPS) is 10.7. The number of amides is 1. The highest BCUT2D eigenvalue weighted by Gasteiger charge is 2.29. The van der Waals surface area contributed by atoms with Gasteiger partial charge in [-0.25, -0.2) is 0 Å². The number of ether oxygens (including phenoxy) is 1. The van der Waals surface area contributed by atoms with Crippen LogP contribution in [0.1, 0.15) is 12.0 Å². The van der Waals surface area contributed by atoms with Crippen molar-refractivity contribution in [3.63, 3.8) is 0 Å². The number of aryl methyl sites for hydroxylation is 1. The molecule has 1 amide bonds. The summed E-state index contributed by atoms with van der Waals surface area (Å²) in [6.45, 7) is 0.235.